The number of aliphatic hydroxyl groups excluding tert-OH is 1. The van der Waals surface area contributed by atoms with E-state index in [1.165, 1.54) is 5.56 Å². The Morgan fingerprint density at radius 1 is 1.18 bits per heavy atom. The Hall–Kier alpha value is -0.820. The topological polar surface area (TPSA) is 20.2 Å². The monoisotopic (exact) mass is 148 g/mol. The summed E-state index contributed by atoms with van der Waals surface area (Å²) in [4.78, 5) is 0. The minimum absolute atomic E-state index is 0.140. The van der Waals surface area contributed by atoms with E-state index in [4.69, 9.17) is 5.11 Å². The van der Waals surface area contributed by atoms with Crippen LogP contribution in [-0.2, 0) is 5.41 Å². The molecule has 58 valence electrons. The lowest BCUT2D eigenvalue weighted by molar-refractivity contribution is 0.255. The number of aliphatic hydroxyl groups is 1. The highest BCUT2D eigenvalue weighted by molar-refractivity contribution is 5.30. The SMILES string of the molecule is OCC1(c2ccccc2)CC1. The van der Waals surface area contributed by atoms with Crippen molar-refractivity contribution in [3.8, 4) is 0 Å². The minimum atomic E-state index is 0.140. The lowest BCUT2D eigenvalue weighted by Crippen LogP contribution is -2.10. The van der Waals surface area contributed by atoms with Crippen molar-refractivity contribution in [3.63, 3.8) is 0 Å². The van der Waals surface area contributed by atoms with Crippen molar-refractivity contribution in [1.82, 2.24) is 0 Å². The summed E-state index contributed by atoms with van der Waals surface area (Å²) in [5.74, 6) is 0. The van der Waals surface area contributed by atoms with Crippen molar-refractivity contribution in [2.75, 3.05) is 6.61 Å². The number of benzene rings is 1. The maximum absolute atomic E-state index is 9.11. The highest BCUT2D eigenvalue weighted by Gasteiger charge is 2.43. The van der Waals surface area contributed by atoms with Gasteiger partial charge in [-0.25, -0.2) is 0 Å². The van der Waals surface area contributed by atoms with Crippen LogP contribution >= 0.6 is 0 Å². The van der Waals surface area contributed by atoms with Gasteiger partial charge >= 0.3 is 0 Å². The molecule has 0 heterocycles. The molecule has 1 fully saturated rings. The molecule has 1 aliphatic rings. The van der Waals surface area contributed by atoms with Crippen LogP contribution in [0.2, 0.25) is 0 Å². The molecule has 0 amide bonds. The molecule has 1 aromatic rings. The fourth-order valence-corrected chi connectivity index (χ4v) is 1.48. The lowest BCUT2D eigenvalue weighted by atomic mass is 9.97. The van der Waals surface area contributed by atoms with Gasteiger partial charge in [0.2, 0.25) is 0 Å². The van der Waals surface area contributed by atoms with E-state index >= 15 is 0 Å². The lowest BCUT2D eigenvalue weighted by Gasteiger charge is -2.10. The van der Waals surface area contributed by atoms with Crippen LogP contribution in [0.1, 0.15) is 18.4 Å². The Bertz CT molecular complexity index is 236. The van der Waals surface area contributed by atoms with Crippen molar-refractivity contribution in [1.29, 1.82) is 0 Å². The molecular formula is C10H12O. The van der Waals surface area contributed by atoms with Gasteiger partial charge in [0, 0.05) is 5.41 Å². The molecule has 1 nitrogen and oxygen atoms in total. The summed E-state index contributed by atoms with van der Waals surface area (Å²) in [6.07, 6.45) is 2.29. The molecule has 0 atom stereocenters. The van der Waals surface area contributed by atoms with Gasteiger partial charge in [-0.3, -0.25) is 0 Å². The van der Waals surface area contributed by atoms with Crippen LogP contribution in [0.3, 0.4) is 0 Å². The van der Waals surface area contributed by atoms with Gasteiger partial charge in [-0.15, -0.1) is 0 Å². The highest BCUT2D eigenvalue weighted by Crippen LogP contribution is 2.47. The summed E-state index contributed by atoms with van der Waals surface area (Å²) in [6, 6.07) is 10.3. The predicted octanol–water partition coefficient (Wildman–Crippen LogP) is 1.71. The zero-order valence-corrected chi connectivity index (χ0v) is 6.46. The fraction of sp³-hybridized carbons (Fsp3) is 0.400. The smallest absolute Gasteiger partial charge is 0.0527 e. The van der Waals surface area contributed by atoms with Crippen molar-refractivity contribution < 1.29 is 5.11 Å². The zero-order chi connectivity index (χ0) is 7.73. The first kappa shape index (κ1) is 6.86. The van der Waals surface area contributed by atoms with Crippen LogP contribution in [0.15, 0.2) is 30.3 Å². The molecule has 0 bridgehead atoms. The Kier molecular flexibility index (Phi) is 1.46. The van der Waals surface area contributed by atoms with Crippen LogP contribution in [0.4, 0.5) is 0 Å². The van der Waals surface area contributed by atoms with E-state index in [0.717, 1.165) is 12.8 Å². The molecule has 0 unspecified atom stereocenters. The molecule has 0 saturated heterocycles. The summed E-state index contributed by atoms with van der Waals surface area (Å²) < 4.78 is 0. The summed E-state index contributed by atoms with van der Waals surface area (Å²) in [5, 5.41) is 9.11. The van der Waals surface area contributed by atoms with E-state index in [2.05, 4.69) is 12.1 Å². The third kappa shape index (κ3) is 1.05. The first-order valence-electron chi connectivity index (χ1n) is 4.04. The normalized spacial score (nSPS) is 19.7. The van der Waals surface area contributed by atoms with Crippen LogP contribution in [0, 0.1) is 0 Å². The standard InChI is InChI=1S/C10H12O/c11-8-10(6-7-10)9-4-2-1-3-5-9/h1-5,11H,6-8H2. The van der Waals surface area contributed by atoms with Crippen LogP contribution in [0.25, 0.3) is 0 Å². The average molecular weight is 148 g/mol. The molecular weight excluding hydrogens is 136 g/mol. The molecule has 1 heteroatoms. The van der Waals surface area contributed by atoms with E-state index in [1.807, 2.05) is 18.2 Å². The van der Waals surface area contributed by atoms with Gasteiger partial charge in [-0.2, -0.15) is 0 Å². The summed E-state index contributed by atoms with van der Waals surface area (Å²) in [6.45, 7) is 0.303. The summed E-state index contributed by atoms with van der Waals surface area (Å²) in [7, 11) is 0. The molecule has 1 saturated carbocycles. The molecule has 1 aliphatic carbocycles. The Labute approximate surface area is 66.7 Å². The van der Waals surface area contributed by atoms with Gasteiger partial charge in [0.1, 0.15) is 0 Å². The van der Waals surface area contributed by atoms with Gasteiger partial charge in [-0.1, -0.05) is 30.3 Å². The maximum atomic E-state index is 9.11. The Morgan fingerprint density at radius 3 is 2.27 bits per heavy atom. The number of hydrogen-bond donors (Lipinski definition) is 1. The second kappa shape index (κ2) is 2.35. The van der Waals surface area contributed by atoms with Gasteiger partial charge in [0.15, 0.2) is 0 Å². The zero-order valence-electron chi connectivity index (χ0n) is 6.46. The summed E-state index contributed by atoms with van der Waals surface area (Å²) in [5.41, 5.74) is 1.43. The van der Waals surface area contributed by atoms with Crippen molar-refractivity contribution >= 4 is 0 Å². The number of rotatable bonds is 2. The van der Waals surface area contributed by atoms with Crippen molar-refractivity contribution in [2.45, 2.75) is 18.3 Å². The average Bonchev–Trinajstić information content (AvgIpc) is 2.86. The fourth-order valence-electron chi connectivity index (χ4n) is 1.48. The van der Waals surface area contributed by atoms with Crippen molar-refractivity contribution in [2.24, 2.45) is 0 Å². The van der Waals surface area contributed by atoms with Crippen molar-refractivity contribution in [3.05, 3.63) is 35.9 Å². The summed E-state index contributed by atoms with van der Waals surface area (Å²) >= 11 is 0. The molecule has 0 aromatic heterocycles. The molecule has 1 N–H and O–H groups in total. The second-order valence-electron chi connectivity index (χ2n) is 3.30. The van der Waals surface area contributed by atoms with Crippen LogP contribution in [0.5, 0.6) is 0 Å². The highest BCUT2D eigenvalue weighted by atomic mass is 16.3. The van der Waals surface area contributed by atoms with E-state index in [1.54, 1.807) is 0 Å². The largest absolute Gasteiger partial charge is 0.395 e. The minimum Gasteiger partial charge on any atom is -0.395 e. The molecule has 0 spiro atoms. The third-order valence-electron chi connectivity index (χ3n) is 2.54. The molecule has 0 aliphatic heterocycles. The van der Waals surface area contributed by atoms with E-state index < -0.39 is 0 Å². The van der Waals surface area contributed by atoms with E-state index in [-0.39, 0.29) is 5.41 Å². The quantitative estimate of drug-likeness (QED) is 0.677. The molecule has 11 heavy (non-hydrogen) atoms. The van der Waals surface area contributed by atoms with Gasteiger partial charge in [0.05, 0.1) is 6.61 Å². The van der Waals surface area contributed by atoms with Gasteiger partial charge in [0.25, 0.3) is 0 Å². The molecule has 1 aromatic carbocycles. The Balaban J connectivity index is 2.30. The second-order valence-corrected chi connectivity index (χ2v) is 3.30. The van der Waals surface area contributed by atoms with Crippen LogP contribution < -0.4 is 0 Å². The predicted molar refractivity (Wildman–Crippen MR) is 44.4 cm³/mol. The van der Waals surface area contributed by atoms with Gasteiger partial charge < -0.3 is 5.11 Å². The van der Waals surface area contributed by atoms with E-state index in [9.17, 15) is 0 Å². The number of hydrogen-bond acceptors (Lipinski definition) is 1. The first-order chi connectivity index (χ1) is 5.37. The molecule has 2 rings (SSSR count). The Morgan fingerprint density at radius 2 is 1.82 bits per heavy atom. The van der Waals surface area contributed by atoms with E-state index in [0.29, 0.717) is 6.61 Å². The third-order valence-corrected chi connectivity index (χ3v) is 2.54. The first-order valence-corrected chi connectivity index (χ1v) is 4.04. The molecule has 0 radical (unpaired) electrons. The van der Waals surface area contributed by atoms with Gasteiger partial charge in [-0.05, 0) is 18.4 Å². The maximum Gasteiger partial charge on any atom is 0.0527 e. The van der Waals surface area contributed by atoms with Crippen LogP contribution in [-0.4, -0.2) is 11.7 Å².